The zero-order valence-electron chi connectivity index (χ0n) is 16.4. The first kappa shape index (κ1) is 18.2. The van der Waals surface area contributed by atoms with Gasteiger partial charge in [-0.2, -0.15) is 0 Å². The van der Waals surface area contributed by atoms with Crippen LogP contribution in [0.1, 0.15) is 52.0 Å². The lowest BCUT2D eigenvalue weighted by molar-refractivity contribution is -0.164. The molecule has 0 aliphatic heterocycles. The lowest BCUT2D eigenvalue weighted by atomic mass is 9.61. The minimum Gasteiger partial charge on any atom is -0.460 e. The third-order valence-corrected chi connectivity index (χ3v) is 5.89. The van der Waals surface area contributed by atoms with Crippen LogP contribution in [-0.2, 0) is 9.53 Å². The number of hydrogen-bond donors (Lipinski definition) is 1. The van der Waals surface area contributed by atoms with Crippen LogP contribution in [0.25, 0.3) is 16.3 Å². The Morgan fingerprint density at radius 2 is 1.89 bits per heavy atom. The van der Waals surface area contributed by atoms with E-state index in [0.29, 0.717) is 12.3 Å². The smallest absolute Gasteiger partial charge is 0.309 e. The van der Waals surface area contributed by atoms with Crippen molar-refractivity contribution in [3.05, 3.63) is 54.1 Å². The molecule has 0 aromatic heterocycles. The van der Waals surface area contributed by atoms with Crippen molar-refractivity contribution in [2.45, 2.75) is 57.7 Å². The standard InChI is InChI=1S/C24H28O3/c1-23(2,3)27-22(25)15-24(26)14-19-10-11-20(24)13-21(19)18-9-8-16-6-4-5-7-17(16)12-18/h4-9,12-13,19-20,26H,10-11,14-15H2,1-3H3/t19-,20-,24-/m1/s1. The van der Waals surface area contributed by atoms with Crippen molar-refractivity contribution >= 4 is 22.3 Å². The topological polar surface area (TPSA) is 46.5 Å². The van der Waals surface area contributed by atoms with Gasteiger partial charge in [-0.25, -0.2) is 0 Å². The summed E-state index contributed by atoms with van der Waals surface area (Å²) in [4.78, 5) is 12.3. The maximum atomic E-state index is 12.3. The molecule has 27 heavy (non-hydrogen) atoms. The van der Waals surface area contributed by atoms with E-state index in [9.17, 15) is 9.90 Å². The van der Waals surface area contributed by atoms with Crippen LogP contribution < -0.4 is 0 Å². The summed E-state index contributed by atoms with van der Waals surface area (Å²) in [5.74, 6) is -0.00158. The first-order chi connectivity index (χ1) is 12.7. The Bertz CT molecular complexity index is 905. The van der Waals surface area contributed by atoms with Gasteiger partial charge in [-0.15, -0.1) is 0 Å². The summed E-state index contributed by atoms with van der Waals surface area (Å²) in [6.07, 6.45) is 4.93. The molecule has 1 saturated carbocycles. The zero-order valence-corrected chi connectivity index (χ0v) is 16.4. The van der Waals surface area contributed by atoms with Crippen LogP contribution in [0.3, 0.4) is 0 Å². The fraction of sp³-hybridized carbons (Fsp3) is 0.458. The lowest BCUT2D eigenvalue weighted by Crippen LogP contribution is -2.48. The monoisotopic (exact) mass is 364 g/mol. The normalized spacial score (nSPS) is 27.5. The molecule has 5 rings (SSSR count). The molecule has 3 heteroatoms. The quantitative estimate of drug-likeness (QED) is 0.769. The van der Waals surface area contributed by atoms with Gasteiger partial charge in [-0.3, -0.25) is 4.79 Å². The van der Waals surface area contributed by atoms with Gasteiger partial charge in [0, 0.05) is 5.92 Å². The molecular formula is C24H28O3. The molecule has 0 saturated heterocycles. The summed E-state index contributed by atoms with van der Waals surface area (Å²) >= 11 is 0. The SMILES string of the molecule is CC(C)(C)OC(=O)C[C@]1(O)C[C@H]2CC[C@@H]1C=C2c1ccc2ccccc2c1. The second kappa shape index (κ2) is 6.49. The number of carbonyl (C=O) groups is 1. The summed E-state index contributed by atoms with van der Waals surface area (Å²) in [5.41, 5.74) is 1.06. The molecule has 3 atom stereocenters. The number of fused-ring (bicyclic) bond motifs is 3. The van der Waals surface area contributed by atoms with E-state index in [-0.39, 0.29) is 18.3 Å². The van der Waals surface area contributed by atoms with Gasteiger partial charge < -0.3 is 9.84 Å². The molecule has 2 aromatic carbocycles. The fourth-order valence-electron chi connectivity index (χ4n) is 4.72. The van der Waals surface area contributed by atoms with E-state index in [4.69, 9.17) is 4.74 Å². The van der Waals surface area contributed by atoms with Crippen LogP contribution in [0, 0.1) is 11.8 Å². The van der Waals surface area contributed by atoms with Crippen molar-refractivity contribution in [3.8, 4) is 0 Å². The summed E-state index contributed by atoms with van der Waals surface area (Å²) < 4.78 is 5.45. The van der Waals surface area contributed by atoms with Crippen molar-refractivity contribution < 1.29 is 14.6 Å². The van der Waals surface area contributed by atoms with Gasteiger partial charge in [0.1, 0.15) is 5.60 Å². The van der Waals surface area contributed by atoms with Gasteiger partial charge in [-0.1, -0.05) is 42.5 Å². The van der Waals surface area contributed by atoms with Crippen LogP contribution in [0.5, 0.6) is 0 Å². The minimum absolute atomic E-state index is 0.0106. The molecule has 1 N–H and O–H groups in total. The van der Waals surface area contributed by atoms with E-state index in [1.807, 2.05) is 20.8 Å². The number of esters is 1. The second-order valence-corrected chi connectivity index (χ2v) is 9.14. The largest absolute Gasteiger partial charge is 0.460 e. The van der Waals surface area contributed by atoms with Crippen LogP contribution in [0.15, 0.2) is 48.5 Å². The van der Waals surface area contributed by atoms with Gasteiger partial charge in [0.15, 0.2) is 0 Å². The van der Waals surface area contributed by atoms with Crippen molar-refractivity contribution in [3.63, 3.8) is 0 Å². The lowest BCUT2D eigenvalue weighted by Gasteiger charge is -2.47. The minimum atomic E-state index is -0.981. The highest BCUT2D eigenvalue weighted by Gasteiger charge is 2.48. The van der Waals surface area contributed by atoms with Crippen molar-refractivity contribution in [1.29, 1.82) is 0 Å². The maximum Gasteiger partial charge on any atom is 0.309 e. The first-order valence-electron chi connectivity index (χ1n) is 9.89. The van der Waals surface area contributed by atoms with Crippen LogP contribution in [0.2, 0.25) is 0 Å². The molecule has 0 unspecified atom stereocenters. The second-order valence-electron chi connectivity index (χ2n) is 9.14. The Kier molecular flexibility index (Phi) is 4.38. The number of allylic oxidation sites excluding steroid dienone is 1. The summed E-state index contributed by atoms with van der Waals surface area (Å²) in [6, 6.07) is 15.0. The number of rotatable bonds is 3. The Labute approximate surface area is 161 Å². The van der Waals surface area contributed by atoms with E-state index < -0.39 is 11.2 Å². The maximum absolute atomic E-state index is 12.3. The Balaban J connectivity index is 1.59. The van der Waals surface area contributed by atoms with Crippen molar-refractivity contribution in [2.75, 3.05) is 0 Å². The van der Waals surface area contributed by atoms with Gasteiger partial charge in [0.2, 0.25) is 0 Å². The van der Waals surface area contributed by atoms with E-state index in [0.717, 1.165) is 12.8 Å². The number of benzene rings is 2. The van der Waals surface area contributed by atoms with Crippen LogP contribution in [-0.4, -0.2) is 22.3 Å². The first-order valence-corrected chi connectivity index (χ1v) is 9.89. The molecule has 142 valence electrons. The van der Waals surface area contributed by atoms with Gasteiger partial charge in [0.05, 0.1) is 12.0 Å². The van der Waals surface area contributed by atoms with Gasteiger partial charge in [-0.05, 0) is 73.9 Å². The summed E-state index contributed by atoms with van der Waals surface area (Å²) in [5, 5.41) is 13.7. The van der Waals surface area contributed by atoms with E-state index in [2.05, 4.69) is 48.5 Å². The fourth-order valence-corrected chi connectivity index (χ4v) is 4.72. The molecular weight excluding hydrogens is 336 g/mol. The van der Waals surface area contributed by atoms with E-state index >= 15 is 0 Å². The third kappa shape index (κ3) is 3.66. The Morgan fingerprint density at radius 3 is 2.56 bits per heavy atom. The molecule has 2 bridgehead atoms. The number of aliphatic hydroxyl groups is 1. The Morgan fingerprint density at radius 1 is 1.15 bits per heavy atom. The van der Waals surface area contributed by atoms with Crippen molar-refractivity contribution in [2.24, 2.45) is 11.8 Å². The van der Waals surface area contributed by atoms with Gasteiger partial charge >= 0.3 is 5.97 Å². The highest BCUT2D eigenvalue weighted by atomic mass is 16.6. The molecule has 1 fully saturated rings. The summed E-state index contributed by atoms with van der Waals surface area (Å²) in [6.45, 7) is 5.58. The summed E-state index contributed by atoms with van der Waals surface area (Å²) in [7, 11) is 0. The van der Waals surface area contributed by atoms with Gasteiger partial charge in [0.25, 0.3) is 0 Å². The van der Waals surface area contributed by atoms with E-state index in [1.165, 1.54) is 21.9 Å². The number of carbonyl (C=O) groups excluding carboxylic acids is 1. The number of hydrogen-bond acceptors (Lipinski definition) is 3. The average molecular weight is 364 g/mol. The van der Waals surface area contributed by atoms with E-state index in [1.54, 1.807) is 0 Å². The Hall–Kier alpha value is -2.13. The zero-order chi connectivity index (χ0) is 19.2. The third-order valence-electron chi connectivity index (χ3n) is 5.89. The van der Waals surface area contributed by atoms with Crippen molar-refractivity contribution in [1.82, 2.24) is 0 Å². The predicted octanol–water partition coefficient (Wildman–Crippen LogP) is 5.12. The molecule has 3 aliphatic carbocycles. The molecule has 2 aromatic rings. The molecule has 0 amide bonds. The van der Waals surface area contributed by atoms with Crippen LogP contribution >= 0.6 is 0 Å². The molecule has 0 spiro atoms. The molecule has 3 nitrogen and oxygen atoms in total. The molecule has 3 aliphatic rings. The number of ether oxygens (including phenoxy) is 1. The molecule has 0 heterocycles. The predicted molar refractivity (Wildman–Crippen MR) is 108 cm³/mol. The highest BCUT2D eigenvalue weighted by molar-refractivity contribution is 5.87. The molecule has 0 radical (unpaired) electrons. The van der Waals surface area contributed by atoms with Crippen LogP contribution in [0.4, 0.5) is 0 Å². The highest BCUT2D eigenvalue weighted by Crippen LogP contribution is 2.51. The average Bonchev–Trinajstić information content (AvgIpc) is 2.59.